The standard InChI is InChI=1S/C14H9BrClF2N3/c15-8-5-10(18)13(6-9(8)17)21-12-2-4-19-7-11(12)20-14(21)1-3-16/h2,4-7H,1,3H2. The molecule has 108 valence electrons. The Hall–Kier alpha value is -1.53. The van der Waals surface area contributed by atoms with E-state index in [1.807, 2.05) is 0 Å². The van der Waals surface area contributed by atoms with E-state index in [9.17, 15) is 8.78 Å². The Bertz CT molecular complexity index is 819. The molecule has 0 amide bonds. The molecule has 2 heterocycles. The quantitative estimate of drug-likeness (QED) is 0.508. The predicted octanol–water partition coefficient (Wildman–Crippen LogP) is 4.24. The first-order valence-corrected chi connectivity index (χ1v) is 7.47. The van der Waals surface area contributed by atoms with Crippen molar-refractivity contribution in [1.82, 2.24) is 14.5 Å². The lowest BCUT2D eigenvalue weighted by molar-refractivity contribution is 0.586. The monoisotopic (exact) mass is 371 g/mol. The van der Waals surface area contributed by atoms with Gasteiger partial charge in [-0.05, 0) is 28.1 Å². The number of aryl methyl sites for hydroxylation is 1. The van der Waals surface area contributed by atoms with E-state index in [0.717, 1.165) is 12.1 Å². The van der Waals surface area contributed by atoms with E-state index in [2.05, 4.69) is 25.9 Å². The molecule has 3 nitrogen and oxygen atoms in total. The molecule has 0 radical (unpaired) electrons. The van der Waals surface area contributed by atoms with Gasteiger partial charge in [-0.2, -0.15) is 0 Å². The highest BCUT2D eigenvalue weighted by Gasteiger charge is 2.17. The summed E-state index contributed by atoms with van der Waals surface area (Å²) in [5.41, 5.74) is 1.37. The summed E-state index contributed by atoms with van der Waals surface area (Å²) in [6.07, 6.45) is 3.60. The van der Waals surface area contributed by atoms with E-state index in [1.165, 1.54) is 0 Å². The van der Waals surface area contributed by atoms with Crippen LogP contribution >= 0.6 is 27.5 Å². The molecule has 7 heteroatoms. The van der Waals surface area contributed by atoms with Crippen molar-refractivity contribution in [2.45, 2.75) is 6.42 Å². The summed E-state index contributed by atoms with van der Waals surface area (Å²) in [5.74, 6) is -0.194. The van der Waals surface area contributed by atoms with Crippen LogP contribution in [0.2, 0.25) is 0 Å². The summed E-state index contributed by atoms with van der Waals surface area (Å²) in [4.78, 5) is 8.38. The number of nitrogens with zero attached hydrogens (tertiary/aromatic N) is 3. The van der Waals surface area contributed by atoms with Gasteiger partial charge in [0.15, 0.2) is 0 Å². The van der Waals surface area contributed by atoms with E-state index < -0.39 is 11.6 Å². The molecule has 3 rings (SSSR count). The van der Waals surface area contributed by atoms with Crippen LogP contribution in [0.5, 0.6) is 0 Å². The van der Waals surface area contributed by atoms with Crippen molar-refractivity contribution in [3.8, 4) is 5.69 Å². The zero-order valence-electron chi connectivity index (χ0n) is 10.7. The number of imidazole rings is 1. The zero-order chi connectivity index (χ0) is 15.0. The third-order valence-electron chi connectivity index (χ3n) is 3.07. The summed E-state index contributed by atoms with van der Waals surface area (Å²) in [6.45, 7) is 0. The Morgan fingerprint density at radius 3 is 2.81 bits per heavy atom. The van der Waals surface area contributed by atoms with Gasteiger partial charge in [0.25, 0.3) is 0 Å². The number of aromatic nitrogens is 3. The van der Waals surface area contributed by atoms with Crippen LogP contribution < -0.4 is 0 Å². The number of halogens is 4. The minimum absolute atomic E-state index is 0.0775. The maximum absolute atomic E-state index is 14.2. The summed E-state index contributed by atoms with van der Waals surface area (Å²) < 4.78 is 29.7. The second-order valence-corrected chi connectivity index (χ2v) is 5.62. The smallest absolute Gasteiger partial charge is 0.148 e. The van der Waals surface area contributed by atoms with Gasteiger partial charge < -0.3 is 0 Å². The molecule has 0 spiro atoms. The highest BCUT2D eigenvalue weighted by Crippen LogP contribution is 2.27. The first kappa shape index (κ1) is 14.4. The number of hydrogen-bond acceptors (Lipinski definition) is 2. The molecular weight excluding hydrogens is 364 g/mol. The van der Waals surface area contributed by atoms with Crippen LogP contribution in [0.3, 0.4) is 0 Å². The van der Waals surface area contributed by atoms with E-state index in [1.54, 1.807) is 23.0 Å². The lowest BCUT2D eigenvalue weighted by Crippen LogP contribution is -2.05. The molecule has 0 fully saturated rings. The molecule has 2 aromatic heterocycles. The van der Waals surface area contributed by atoms with Gasteiger partial charge in [-0.1, -0.05) is 0 Å². The third kappa shape index (κ3) is 2.53. The van der Waals surface area contributed by atoms with Crippen molar-refractivity contribution in [1.29, 1.82) is 0 Å². The average molecular weight is 373 g/mol. The molecule has 3 aromatic rings. The van der Waals surface area contributed by atoms with Crippen LogP contribution in [0, 0.1) is 11.6 Å². The molecule has 0 N–H and O–H groups in total. The molecule has 0 bridgehead atoms. The molecule has 0 aliphatic rings. The first-order valence-electron chi connectivity index (χ1n) is 6.14. The molecular formula is C14H9BrClF2N3. The number of fused-ring (bicyclic) bond motifs is 1. The normalized spacial score (nSPS) is 11.2. The van der Waals surface area contributed by atoms with Crippen molar-refractivity contribution in [3.63, 3.8) is 0 Å². The maximum atomic E-state index is 14.2. The van der Waals surface area contributed by atoms with Gasteiger partial charge >= 0.3 is 0 Å². The van der Waals surface area contributed by atoms with E-state index in [-0.39, 0.29) is 10.2 Å². The summed E-state index contributed by atoms with van der Waals surface area (Å²) in [6, 6.07) is 3.94. The Morgan fingerprint density at radius 2 is 2.05 bits per heavy atom. The van der Waals surface area contributed by atoms with Crippen LogP contribution in [-0.4, -0.2) is 20.4 Å². The predicted molar refractivity (Wildman–Crippen MR) is 80.9 cm³/mol. The first-order chi connectivity index (χ1) is 10.1. The van der Waals surface area contributed by atoms with Gasteiger partial charge in [-0.25, -0.2) is 13.8 Å². The Kier molecular flexibility index (Phi) is 3.91. The second kappa shape index (κ2) is 5.69. The minimum Gasteiger partial charge on any atom is -0.293 e. The fourth-order valence-corrected chi connectivity index (χ4v) is 2.67. The summed E-state index contributed by atoms with van der Waals surface area (Å²) in [5, 5.41) is 0. The van der Waals surface area contributed by atoms with Gasteiger partial charge in [0.1, 0.15) is 23.0 Å². The zero-order valence-corrected chi connectivity index (χ0v) is 13.0. The van der Waals surface area contributed by atoms with Crippen LogP contribution in [0.4, 0.5) is 8.78 Å². The topological polar surface area (TPSA) is 30.7 Å². The molecule has 21 heavy (non-hydrogen) atoms. The average Bonchev–Trinajstić information content (AvgIpc) is 2.81. The van der Waals surface area contributed by atoms with Crippen molar-refractivity contribution >= 4 is 38.6 Å². The van der Waals surface area contributed by atoms with Crippen LogP contribution in [0.25, 0.3) is 16.7 Å². The van der Waals surface area contributed by atoms with Crippen molar-refractivity contribution in [3.05, 3.63) is 52.5 Å². The molecule has 0 aliphatic carbocycles. The lowest BCUT2D eigenvalue weighted by Gasteiger charge is -2.10. The Labute approximate surface area is 132 Å². The number of rotatable bonds is 3. The highest BCUT2D eigenvalue weighted by atomic mass is 79.9. The summed E-state index contributed by atoms with van der Waals surface area (Å²) >= 11 is 8.75. The van der Waals surface area contributed by atoms with E-state index in [0.29, 0.717) is 29.2 Å². The largest absolute Gasteiger partial charge is 0.293 e. The van der Waals surface area contributed by atoms with Gasteiger partial charge in [0.2, 0.25) is 0 Å². The Morgan fingerprint density at radius 1 is 1.24 bits per heavy atom. The molecule has 0 aliphatic heterocycles. The molecule has 0 unspecified atom stereocenters. The molecule has 0 saturated heterocycles. The van der Waals surface area contributed by atoms with Crippen LogP contribution in [0.15, 0.2) is 35.1 Å². The van der Waals surface area contributed by atoms with Gasteiger partial charge in [-0.3, -0.25) is 9.55 Å². The minimum atomic E-state index is -0.546. The van der Waals surface area contributed by atoms with Crippen LogP contribution in [0.1, 0.15) is 5.82 Å². The summed E-state index contributed by atoms with van der Waals surface area (Å²) in [7, 11) is 0. The number of hydrogen-bond donors (Lipinski definition) is 0. The fraction of sp³-hybridized carbons (Fsp3) is 0.143. The van der Waals surface area contributed by atoms with Crippen molar-refractivity contribution < 1.29 is 8.78 Å². The number of benzene rings is 1. The van der Waals surface area contributed by atoms with Gasteiger partial charge in [0.05, 0.1) is 21.9 Å². The van der Waals surface area contributed by atoms with Crippen molar-refractivity contribution in [2.75, 3.05) is 5.88 Å². The maximum Gasteiger partial charge on any atom is 0.148 e. The number of alkyl halides is 1. The number of pyridine rings is 1. The Balaban J connectivity index is 2.32. The molecule has 0 saturated carbocycles. The third-order valence-corrected chi connectivity index (χ3v) is 3.87. The lowest BCUT2D eigenvalue weighted by atomic mass is 10.2. The van der Waals surface area contributed by atoms with Crippen LogP contribution in [-0.2, 0) is 6.42 Å². The van der Waals surface area contributed by atoms with Gasteiger partial charge in [0, 0.05) is 24.6 Å². The highest BCUT2D eigenvalue weighted by molar-refractivity contribution is 9.10. The fourth-order valence-electron chi connectivity index (χ4n) is 2.19. The van der Waals surface area contributed by atoms with Gasteiger partial charge in [-0.15, -0.1) is 11.6 Å². The second-order valence-electron chi connectivity index (χ2n) is 4.38. The van der Waals surface area contributed by atoms with E-state index >= 15 is 0 Å². The molecule has 0 atom stereocenters. The van der Waals surface area contributed by atoms with E-state index in [4.69, 9.17) is 11.6 Å². The molecule has 1 aromatic carbocycles. The van der Waals surface area contributed by atoms with Crippen molar-refractivity contribution in [2.24, 2.45) is 0 Å². The SMILES string of the molecule is Fc1cc(-n2c(CCCl)nc3cnccc32)c(F)cc1Br.